The van der Waals surface area contributed by atoms with E-state index in [0.717, 1.165) is 6.54 Å². The lowest BCUT2D eigenvalue weighted by Crippen LogP contribution is -2.36. The van der Waals surface area contributed by atoms with Gasteiger partial charge in [0.2, 0.25) is 0 Å². The first kappa shape index (κ1) is 14.5. The molecule has 0 aliphatic carbocycles. The Kier molecular flexibility index (Phi) is 5.08. The molecular weight excluding hydrogens is 244 g/mol. The number of benzene rings is 1. The van der Waals surface area contributed by atoms with Crippen LogP contribution in [-0.4, -0.2) is 6.54 Å². The number of nitrogens with two attached hydrogens (primary N) is 1. The zero-order chi connectivity index (χ0) is 14.4. The van der Waals surface area contributed by atoms with Gasteiger partial charge >= 0.3 is 0 Å². The van der Waals surface area contributed by atoms with Crippen molar-refractivity contribution in [2.24, 2.45) is 5.73 Å². The molecule has 20 heavy (non-hydrogen) atoms. The van der Waals surface area contributed by atoms with Gasteiger partial charge in [0.05, 0.1) is 6.54 Å². The Bertz CT molecular complexity index is 551. The van der Waals surface area contributed by atoms with Crippen LogP contribution in [0, 0.1) is 0 Å². The van der Waals surface area contributed by atoms with E-state index in [4.69, 9.17) is 5.73 Å². The first-order chi connectivity index (χ1) is 9.69. The number of pyridine rings is 1. The fourth-order valence-corrected chi connectivity index (χ4v) is 2.06. The van der Waals surface area contributed by atoms with Gasteiger partial charge in [-0.25, -0.2) is 4.57 Å². The van der Waals surface area contributed by atoms with E-state index in [1.807, 2.05) is 0 Å². The summed E-state index contributed by atoms with van der Waals surface area (Å²) in [4.78, 5) is 0. The molecule has 1 heterocycles. The minimum absolute atomic E-state index is 0.583. The molecule has 2 rings (SSSR count). The molecule has 0 aliphatic rings. The summed E-state index contributed by atoms with van der Waals surface area (Å²) in [5, 5.41) is 0. The van der Waals surface area contributed by atoms with Crippen LogP contribution in [0.1, 0.15) is 36.5 Å². The largest absolute Gasteiger partial charge is 0.325 e. The van der Waals surface area contributed by atoms with Gasteiger partial charge in [0.15, 0.2) is 18.9 Å². The van der Waals surface area contributed by atoms with Crippen molar-refractivity contribution in [2.75, 3.05) is 6.54 Å². The summed E-state index contributed by atoms with van der Waals surface area (Å²) in [7, 11) is 0. The van der Waals surface area contributed by atoms with Gasteiger partial charge in [-0.3, -0.25) is 0 Å². The van der Waals surface area contributed by atoms with Crippen molar-refractivity contribution in [2.45, 2.75) is 26.3 Å². The Balaban J connectivity index is 2.04. The van der Waals surface area contributed by atoms with Crippen molar-refractivity contribution in [3.05, 3.63) is 65.5 Å². The molecule has 0 spiro atoms. The summed E-state index contributed by atoms with van der Waals surface area (Å²) in [6.45, 7) is 5.96. The maximum absolute atomic E-state index is 5.53. The van der Waals surface area contributed by atoms with Crippen LogP contribution < -0.4 is 10.3 Å². The van der Waals surface area contributed by atoms with Crippen LogP contribution in [0.3, 0.4) is 0 Å². The highest BCUT2D eigenvalue weighted by atomic mass is 14.9. The lowest BCUT2D eigenvalue weighted by atomic mass is 10.0. The zero-order valence-corrected chi connectivity index (χ0v) is 12.3. The minimum Gasteiger partial charge on any atom is -0.325 e. The summed E-state index contributed by atoms with van der Waals surface area (Å²) >= 11 is 0. The quantitative estimate of drug-likeness (QED) is 0.828. The standard InChI is InChI=1S/C18H23N2/c1-15(2)18-7-5-16(6-8-18)3-4-17-9-12-20(13-10-17)14-11-19/h3-10,12-13,15H,11,14,19H2,1-2H3/q+1/b4-3+. The maximum atomic E-state index is 5.53. The zero-order valence-electron chi connectivity index (χ0n) is 12.3. The fraction of sp³-hybridized carbons (Fsp3) is 0.278. The summed E-state index contributed by atoms with van der Waals surface area (Å²) in [6, 6.07) is 12.9. The Morgan fingerprint density at radius 1 is 0.950 bits per heavy atom. The second kappa shape index (κ2) is 7.01. The van der Waals surface area contributed by atoms with Crippen LogP contribution in [0.15, 0.2) is 48.8 Å². The van der Waals surface area contributed by atoms with Crippen molar-refractivity contribution in [1.29, 1.82) is 0 Å². The fourth-order valence-electron chi connectivity index (χ4n) is 2.06. The van der Waals surface area contributed by atoms with Gasteiger partial charge in [0.25, 0.3) is 0 Å². The summed E-state index contributed by atoms with van der Waals surface area (Å²) in [6.07, 6.45) is 8.41. The van der Waals surface area contributed by atoms with Gasteiger partial charge < -0.3 is 5.73 Å². The molecule has 0 fully saturated rings. The molecule has 0 saturated heterocycles. The Morgan fingerprint density at radius 2 is 1.50 bits per heavy atom. The molecule has 1 aromatic heterocycles. The highest BCUT2D eigenvalue weighted by Crippen LogP contribution is 2.16. The minimum atomic E-state index is 0.583. The third-order valence-electron chi connectivity index (χ3n) is 3.38. The monoisotopic (exact) mass is 267 g/mol. The summed E-state index contributed by atoms with van der Waals surface area (Å²) in [5.74, 6) is 0.583. The molecule has 0 radical (unpaired) electrons. The van der Waals surface area contributed by atoms with Crippen LogP contribution in [0.2, 0.25) is 0 Å². The normalized spacial score (nSPS) is 11.4. The van der Waals surface area contributed by atoms with Crippen molar-refractivity contribution >= 4 is 12.2 Å². The first-order valence-corrected chi connectivity index (χ1v) is 7.16. The van der Waals surface area contributed by atoms with E-state index in [1.165, 1.54) is 16.7 Å². The Labute approximate surface area is 121 Å². The van der Waals surface area contributed by atoms with E-state index in [0.29, 0.717) is 12.5 Å². The molecule has 0 aliphatic heterocycles. The van der Waals surface area contributed by atoms with Crippen LogP contribution in [0.5, 0.6) is 0 Å². The summed E-state index contributed by atoms with van der Waals surface area (Å²) < 4.78 is 2.09. The van der Waals surface area contributed by atoms with Crippen molar-refractivity contribution in [3.63, 3.8) is 0 Å². The number of hydrogen-bond donors (Lipinski definition) is 1. The van der Waals surface area contributed by atoms with Crippen molar-refractivity contribution in [3.8, 4) is 0 Å². The van der Waals surface area contributed by atoms with Crippen molar-refractivity contribution < 1.29 is 4.57 Å². The van der Waals surface area contributed by atoms with Gasteiger partial charge in [0, 0.05) is 12.1 Å². The van der Waals surface area contributed by atoms with E-state index in [2.05, 4.69) is 79.4 Å². The van der Waals surface area contributed by atoms with Crippen LogP contribution in [0.4, 0.5) is 0 Å². The number of nitrogens with zero attached hydrogens (tertiary/aromatic N) is 1. The lowest BCUT2D eigenvalue weighted by Gasteiger charge is -2.04. The molecule has 0 saturated carbocycles. The molecular formula is C18H23N2+. The molecule has 0 amide bonds. The smallest absolute Gasteiger partial charge is 0.169 e. The van der Waals surface area contributed by atoms with E-state index in [-0.39, 0.29) is 0 Å². The van der Waals surface area contributed by atoms with Gasteiger partial charge in [-0.2, -0.15) is 0 Å². The number of aromatic nitrogens is 1. The first-order valence-electron chi connectivity index (χ1n) is 7.16. The van der Waals surface area contributed by atoms with Crippen LogP contribution >= 0.6 is 0 Å². The molecule has 2 nitrogen and oxygen atoms in total. The summed E-state index contributed by atoms with van der Waals surface area (Å²) in [5.41, 5.74) is 9.34. The van der Waals surface area contributed by atoms with Gasteiger partial charge in [-0.1, -0.05) is 50.3 Å². The molecule has 2 heteroatoms. The number of rotatable bonds is 5. The number of hydrogen-bond acceptors (Lipinski definition) is 1. The van der Waals surface area contributed by atoms with Gasteiger partial charge in [-0.05, 0) is 22.6 Å². The molecule has 0 unspecified atom stereocenters. The molecule has 2 N–H and O–H groups in total. The Morgan fingerprint density at radius 3 is 2.00 bits per heavy atom. The molecule has 0 bridgehead atoms. The molecule has 104 valence electrons. The average Bonchev–Trinajstić information content (AvgIpc) is 2.47. The highest BCUT2D eigenvalue weighted by Gasteiger charge is 1.98. The second-order valence-electron chi connectivity index (χ2n) is 5.31. The Hall–Kier alpha value is -1.93. The average molecular weight is 267 g/mol. The van der Waals surface area contributed by atoms with E-state index in [1.54, 1.807) is 0 Å². The third kappa shape index (κ3) is 4.04. The van der Waals surface area contributed by atoms with E-state index < -0.39 is 0 Å². The lowest BCUT2D eigenvalue weighted by molar-refractivity contribution is -0.694. The molecule has 2 aromatic rings. The predicted octanol–water partition coefficient (Wildman–Crippen LogP) is 3.23. The van der Waals surface area contributed by atoms with Crippen LogP contribution in [-0.2, 0) is 6.54 Å². The third-order valence-corrected chi connectivity index (χ3v) is 3.38. The van der Waals surface area contributed by atoms with Gasteiger partial charge in [0.1, 0.15) is 0 Å². The molecule has 0 atom stereocenters. The molecule has 1 aromatic carbocycles. The van der Waals surface area contributed by atoms with E-state index in [9.17, 15) is 0 Å². The maximum Gasteiger partial charge on any atom is 0.169 e. The SMILES string of the molecule is CC(C)c1ccc(/C=C/c2cc[n+](CCN)cc2)cc1. The van der Waals surface area contributed by atoms with Crippen LogP contribution in [0.25, 0.3) is 12.2 Å². The van der Waals surface area contributed by atoms with E-state index >= 15 is 0 Å². The predicted molar refractivity (Wildman–Crippen MR) is 85.2 cm³/mol. The van der Waals surface area contributed by atoms with Crippen molar-refractivity contribution in [1.82, 2.24) is 0 Å². The second-order valence-corrected chi connectivity index (χ2v) is 5.31. The highest BCUT2D eigenvalue weighted by molar-refractivity contribution is 5.69. The topological polar surface area (TPSA) is 29.9 Å². The van der Waals surface area contributed by atoms with Gasteiger partial charge in [-0.15, -0.1) is 0 Å².